The highest BCUT2D eigenvalue weighted by atomic mass is 16.7. The summed E-state index contributed by atoms with van der Waals surface area (Å²) in [5, 5.41) is 11.9. The topological polar surface area (TPSA) is 94.1 Å². The van der Waals surface area contributed by atoms with Crippen molar-refractivity contribution >= 4 is 12.1 Å². The number of amides is 1. The number of nitrogens with one attached hydrogen (secondary N) is 1. The molecule has 0 saturated carbocycles. The zero-order chi connectivity index (χ0) is 20.6. The molecule has 1 saturated heterocycles. The average Bonchev–Trinajstić information content (AvgIpc) is 3.21. The second-order valence-electron chi connectivity index (χ2n) is 7.65. The Morgan fingerprint density at radius 2 is 1.72 bits per heavy atom. The van der Waals surface area contributed by atoms with E-state index in [1.54, 1.807) is 13.8 Å². The number of carboxylic acid groups (broad SMARTS) is 1. The minimum absolute atomic E-state index is 0.0770. The van der Waals surface area contributed by atoms with Gasteiger partial charge in [0.15, 0.2) is 11.8 Å². The van der Waals surface area contributed by atoms with E-state index in [0.29, 0.717) is 0 Å². The van der Waals surface area contributed by atoms with Crippen LogP contribution in [0.3, 0.4) is 0 Å². The van der Waals surface area contributed by atoms with Crippen LogP contribution in [0.1, 0.15) is 30.9 Å². The molecule has 2 aromatic rings. The van der Waals surface area contributed by atoms with Crippen LogP contribution >= 0.6 is 0 Å². The van der Waals surface area contributed by atoms with Crippen LogP contribution in [0.2, 0.25) is 0 Å². The molecule has 0 radical (unpaired) electrons. The summed E-state index contributed by atoms with van der Waals surface area (Å²) < 4.78 is 16.4. The molecule has 152 valence electrons. The number of hydrogen-bond donors (Lipinski definition) is 2. The smallest absolute Gasteiger partial charge is 0.407 e. The van der Waals surface area contributed by atoms with E-state index < -0.39 is 30.0 Å². The van der Waals surface area contributed by atoms with E-state index >= 15 is 0 Å². The fraction of sp³-hybridized carbons (Fsp3) is 0.364. The van der Waals surface area contributed by atoms with Crippen LogP contribution in [0.15, 0.2) is 48.5 Å². The summed E-state index contributed by atoms with van der Waals surface area (Å²) >= 11 is 0. The lowest BCUT2D eigenvalue weighted by Crippen LogP contribution is -2.50. The SMILES string of the molecule is CC1(C)OCC([C@H](NC(=O)OCC2c3ccccc3-c3ccccc32)C(=O)O)O1. The molecule has 4 rings (SSSR count). The molecular formula is C22H23NO6. The van der Waals surface area contributed by atoms with Gasteiger partial charge in [0.1, 0.15) is 12.7 Å². The van der Waals surface area contributed by atoms with Crippen LogP contribution in [0, 0.1) is 0 Å². The summed E-state index contributed by atoms with van der Waals surface area (Å²) in [6, 6.07) is 14.8. The van der Waals surface area contributed by atoms with Gasteiger partial charge >= 0.3 is 12.1 Å². The lowest BCUT2D eigenvalue weighted by Gasteiger charge is -2.22. The first-order valence-electron chi connectivity index (χ1n) is 9.52. The number of aliphatic carboxylic acids is 1. The lowest BCUT2D eigenvalue weighted by molar-refractivity contribution is -0.154. The first-order chi connectivity index (χ1) is 13.9. The van der Waals surface area contributed by atoms with Crippen molar-refractivity contribution < 1.29 is 28.9 Å². The maximum atomic E-state index is 12.4. The van der Waals surface area contributed by atoms with Gasteiger partial charge in [-0.1, -0.05) is 48.5 Å². The van der Waals surface area contributed by atoms with Crippen LogP contribution < -0.4 is 5.32 Å². The first kappa shape index (κ1) is 19.4. The van der Waals surface area contributed by atoms with Crippen molar-refractivity contribution in [2.24, 2.45) is 0 Å². The van der Waals surface area contributed by atoms with Gasteiger partial charge in [0.2, 0.25) is 0 Å². The van der Waals surface area contributed by atoms with Gasteiger partial charge in [0, 0.05) is 5.92 Å². The Kier molecular flexibility index (Phi) is 5.02. The van der Waals surface area contributed by atoms with E-state index in [1.807, 2.05) is 48.5 Å². The normalized spacial score (nSPS) is 20.6. The predicted molar refractivity (Wildman–Crippen MR) is 105 cm³/mol. The maximum Gasteiger partial charge on any atom is 0.407 e. The van der Waals surface area contributed by atoms with Gasteiger partial charge in [-0.05, 0) is 36.1 Å². The zero-order valence-electron chi connectivity index (χ0n) is 16.3. The molecule has 7 nitrogen and oxygen atoms in total. The summed E-state index contributed by atoms with van der Waals surface area (Å²) in [7, 11) is 0. The van der Waals surface area contributed by atoms with Crippen LogP contribution in [-0.4, -0.2) is 48.3 Å². The highest BCUT2D eigenvalue weighted by Crippen LogP contribution is 2.44. The highest BCUT2D eigenvalue weighted by molar-refractivity contribution is 5.81. The number of carboxylic acids is 1. The van der Waals surface area contributed by atoms with Gasteiger partial charge in [-0.3, -0.25) is 0 Å². The molecule has 2 N–H and O–H groups in total. The molecular weight excluding hydrogens is 374 g/mol. The van der Waals surface area contributed by atoms with Crippen LogP contribution in [0.25, 0.3) is 11.1 Å². The van der Waals surface area contributed by atoms with E-state index in [1.165, 1.54) is 0 Å². The number of alkyl carbamates (subject to hydrolysis) is 1. The maximum absolute atomic E-state index is 12.4. The minimum Gasteiger partial charge on any atom is -0.480 e. The Balaban J connectivity index is 1.44. The number of benzene rings is 2. The molecule has 1 amide bonds. The first-order valence-corrected chi connectivity index (χ1v) is 9.52. The Hall–Kier alpha value is -2.90. The number of rotatable bonds is 5. The fourth-order valence-electron chi connectivity index (χ4n) is 3.96. The molecule has 0 aromatic heterocycles. The molecule has 1 heterocycles. The summed E-state index contributed by atoms with van der Waals surface area (Å²) in [4.78, 5) is 24.0. The standard InChI is InChI=1S/C22H23NO6/c1-22(2)28-12-18(29-22)19(20(24)25)23-21(26)27-11-17-15-9-5-3-7-13(15)14-8-4-6-10-16(14)17/h3-10,17-19H,11-12H2,1-2H3,(H,23,26)(H,24,25)/t18?,19-/m0/s1. The fourth-order valence-corrected chi connectivity index (χ4v) is 3.96. The molecule has 7 heteroatoms. The molecule has 1 unspecified atom stereocenters. The third-order valence-electron chi connectivity index (χ3n) is 5.29. The van der Waals surface area contributed by atoms with Crippen molar-refractivity contribution in [1.82, 2.24) is 5.32 Å². The lowest BCUT2D eigenvalue weighted by atomic mass is 9.98. The van der Waals surface area contributed by atoms with Crippen molar-refractivity contribution in [3.8, 4) is 11.1 Å². The summed E-state index contributed by atoms with van der Waals surface area (Å²) in [5.74, 6) is -2.19. The number of ether oxygens (including phenoxy) is 3. The third kappa shape index (κ3) is 3.83. The summed E-state index contributed by atoms with van der Waals surface area (Å²) in [6.07, 6.45) is -1.59. The Morgan fingerprint density at radius 1 is 1.14 bits per heavy atom. The molecule has 0 bridgehead atoms. The zero-order valence-corrected chi connectivity index (χ0v) is 16.3. The number of carbonyl (C=O) groups is 2. The second kappa shape index (κ2) is 7.50. The Labute approximate surface area is 168 Å². The number of hydrogen-bond acceptors (Lipinski definition) is 5. The molecule has 29 heavy (non-hydrogen) atoms. The molecule has 2 atom stereocenters. The quantitative estimate of drug-likeness (QED) is 0.805. The molecule has 2 aliphatic rings. The van der Waals surface area contributed by atoms with E-state index in [-0.39, 0.29) is 19.1 Å². The van der Waals surface area contributed by atoms with Crippen molar-refractivity contribution in [2.45, 2.75) is 37.7 Å². The van der Waals surface area contributed by atoms with Gasteiger partial charge in [-0.25, -0.2) is 9.59 Å². The molecule has 1 aliphatic heterocycles. The monoisotopic (exact) mass is 397 g/mol. The van der Waals surface area contributed by atoms with Crippen molar-refractivity contribution in [2.75, 3.05) is 13.2 Å². The molecule has 1 aliphatic carbocycles. The van der Waals surface area contributed by atoms with Crippen LogP contribution in [0.5, 0.6) is 0 Å². The van der Waals surface area contributed by atoms with Gasteiger partial charge < -0.3 is 24.6 Å². The van der Waals surface area contributed by atoms with Crippen molar-refractivity contribution in [3.05, 3.63) is 59.7 Å². The molecule has 2 aromatic carbocycles. The second-order valence-corrected chi connectivity index (χ2v) is 7.65. The van der Waals surface area contributed by atoms with E-state index in [2.05, 4.69) is 5.32 Å². The average molecular weight is 397 g/mol. The van der Waals surface area contributed by atoms with Crippen LogP contribution in [0.4, 0.5) is 4.79 Å². The molecule has 0 spiro atoms. The Bertz CT molecular complexity index is 895. The number of fused-ring (bicyclic) bond motifs is 3. The van der Waals surface area contributed by atoms with Crippen LogP contribution in [-0.2, 0) is 19.0 Å². The van der Waals surface area contributed by atoms with Crippen molar-refractivity contribution in [3.63, 3.8) is 0 Å². The predicted octanol–water partition coefficient (Wildman–Crippen LogP) is 3.13. The number of carbonyl (C=O) groups excluding carboxylic acids is 1. The van der Waals surface area contributed by atoms with Crippen molar-refractivity contribution in [1.29, 1.82) is 0 Å². The van der Waals surface area contributed by atoms with Gasteiger partial charge in [0.25, 0.3) is 0 Å². The Morgan fingerprint density at radius 3 is 2.24 bits per heavy atom. The largest absolute Gasteiger partial charge is 0.480 e. The van der Waals surface area contributed by atoms with Gasteiger partial charge in [-0.15, -0.1) is 0 Å². The summed E-state index contributed by atoms with van der Waals surface area (Å²) in [5.41, 5.74) is 4.43. The summed E-state index contributed by atoms with van der Waals surface area (Å²) in [6.45, 7) is 3.58. The molecule has 1 fully saturated rings. The highest BCUT2D eigenvalue weighted by Gasteiger charge is 2.41. The van der Waals surface area contributed by atoms with E-state index in [0.717, 1.165) is 22.3 Å². The van der Waals surface area contributed by atoms with Gasteiger partial charge in [0.05, 0.1) is 6.61 Å². The minimum atomic E-state index is -1.26. The van der Waals surface area contributed by atoms with E-state index in [9.17, 15) is 14.7 Å². The van der Waals surface area contributed by atoms with Gasteiger partial charge in [-0.2, -0.15) is 0 Å². The third-order valence-corrected chi connectivity index (χ3v) is 5.29. The van der Waals surface area contributed by atoms with E-state index in [4.69, 9.17) is 14.2 Å².